The third kappa shape index (κ3) is 1.10. The van der Waals surface area contributed by atoms with Gasteiger partial charge in [0.15, 0.2) is 0 Å². The molecule has 0 aromatic heterocycles. The molecule has 2 nitrogen and oxygen atoms in total. The smallest absolute Gasteiger partial charge is 0.0578 e. The van der Waals surface area contributed by atoms with Crippen LogP contribution in [0.25, 0.3) is 0 Å². The van der Waals surface area contributed by atoms with Crippen molar-refractivity contribution in [3.05, 3.63) is 12.2 Å². The molecule has 2 fully saturated rings. The average molecular weight is 194 g/mol. The van der Waals surface area contributed by atoms with Gasteiger partial charge in [0.2, 0.25) is 0 Å². The lowest BCUT2D eigenvalue weighted by Crippen LogP contribution is -2.51. The van der Waals surface area contributed by atoms with Gasteiger partial charge in [-0.2, -0.15) is 0 Å². The van der Waals surface area contributed by atoms with Crippen LogP contribution in [0.1, 0.15) is 25.7 Å². The zero-order chi connectivity index (χ0) is 9.71. The predicted molar refractivity (Wildman–Crippen MR) is 53.6 cm³/mol. The van der Waals surface area contributed by atoms with Gasteiger partial charge in [-0.1, -0.05) is 12.2 Å². The Kier molecular flexibility index (Phi) is 1.96. The summed E-state index contributed by atoms with van der Waals surface area (Å²) in [7, 11) is 0. The second-order valence-electron chi connectivity index (χ2n) is 5.16. The maximum atomic E-state index is 10.00. The third-order valence-corrected chi connectivity index (χ3v) is 4.52. The standard InChI is InChI=1S/C12H18O2/c13-9-5-6-10(14)12-8-2-1-7(3-4-8)11(9)12/h1-2,7-14H,3-6H2/t7-,8+,9+,10-,11+,12-. The van der Waals surface area contributed by atoms with Crippen LogP contribution in [0.2, 0.25) is 0 Å². The molecule has 6 atom stereocenters. The van der Waals surface area contributed by atoms with Gasteiger partial charge in [-0.25, -0.2) is 0 Å². The summed E-state index contributed by atoms with van der Waals surface area (Å²) in [5.74, 6) is 1.77. The second kappa shape index (κ2) is 3.07. The summed E-state index contributed by atoms with van der Waals surface area (Å²) in [6.07, 6.45) is 8.23. The van der Waals surface area contributed by atoms with E-state index in [4.69, 9.17) is 0 Å². The van der Waals surface area contributed by atoms with Gasteiger partial charge in [0, 0.05) is 0 Å². The summed E-state index contributed by atoms with van der Waals surface area (Å²) in [4.78, 5) is 0. The molecule has 0 aromatic carbocycles. The molecule has 0 saturated heterocycles. The van der Waals surface area contributed by atoms with Gasteiger partial charge >= 0.3 is 0 Å². The van der Waals surface area contributed by atoms with Crippen molar-refractivity contribution in [2.75, 3.05) is 0 Å². The minimum absolute atomic E-state index is 0.166. The molecule has 0 aliphatic heterocycles. The molecule has 0 amide bonds. The molecule has 14 heavy (non-hydrogen) atoms. The van der Waals surface area contributed by atoms with E-state index < -0.39 is 0 Å². The number of hydrogen-bond acceptors (Lipinski definition) is 2. The maximum absolute atomic E-state index is 10.00. The molecule has 2 N–H and O–H groups in total. The van der Waals surface area contributed by atoms with Crippen molar-refractivity contribution >= 4 is 0 Å². The minimum atomic E-state index is -0.166. The number of hydrogen-bond donors (Lipinski definition) is 2. The van der Waals surface area contributed by atoms with Crippen molar-refractivity contribution < 1.29 is 10.2 Å². The highest BCUT2D eigenvalue weighted by atomic mass is 16.3. The molecule has 0 heterocycles. The van der Waals surface area contributed by atoms with Crippen molar-refractivity contribution in [2.45, 2.75) is 37.9 Å². The Balaban J connectivity index is 1.94. The van der Waals surface area contributed by atoms with Gasteiger partial charge in [0.1, 0.15) is 0 Å². The van der Waals surface area contributed by atoms with Crippen LogP contribution < -0.4 is 0 Å². The van der Waals surface area contributed by atoms with Crippen molar-refractivity contribution in [2.24, 2.45) is 23.7 Å². The molecular formula is C12H18O2. The summed E-state index contributed by atoms with van der Waals surface area (Å²) < 4.78 is 0. The largest absolute Gasteiger partial charge is 0.393 e. The first-order valence-corrected chi connectivity index (χ1v) is 5.82. The van der Waals surface area contributed by atoms with Gasteiger partial charge in [-0.3, -0.25) is 0 Å². The quantitative estimate of drug-likeness (QED) is 0.571. The lowest BCUT2D eigenvalue weighted by atomic mass is 9.56. The summed E-state index contributed by atoms with van der Waals surface area (Å²) >= 11 is 0. The van der Waals surface area contributed by atoms with Gasteiger partial charge in [0.05, 0.1) is 12.2 Å². The van der Waals surface area contributed by atoms with E-state index in [9.17, 15) is 10.2 Å². The molecule has 78 valence electrons. The van der Waals surface area contributed by atoms with Crippen molar-refractivity contribution in [3.8, 4) is 0 Å². The Bertz CT molecular complexity index is 235. The van der Waals surface area contributed by atoms with Crippen LogP contribution >= 0.6 is 0 Å². The summed E-state index contributed by atoms with van der Waals surface area (Å²) in [5, 5.41) is 20.0. The van der Waals surface area contributed by atoms with Gasteiger partial charge in [-0.05, 0) is 49.4 Å². The molecule has 0 radical (unpaired) electrons. The zero-order valence-corrected chi connectivity index (χ0v) is 8.34. The highest BCUT2D eigenvalue weighted by Crippen LogP contribution is 2.51. The number of allylic oxidation sites excluding steroid dienone is 2. The third-order valence-electron chi connectivity index (χ3n) is 4.52. The monoisotopic (exact) mass is 194 g/mol. The average Bonchev–Trinajstić information content (AvgIpc) is 2.25. The Morgan fingerprint density at radius 3 is 1.50 bits per heavy atom. The predicted octanol–water partition coefficient (Wildman–Crippen LogP) is 1.33. The fourth-order valence-corrected chi connectivity index (χ4v) is 3.89. The van der Waals surface area contributed by atoms with Crippen molar-refractivity contribution in [1.29, 1.82) is 0 Å². The summed E-state index contributed by atoms with van der Waals surface area (Å²) in [6, 6.07) is 0. The van der Waals surface area contributed by atoms with Crippen molar-refractivity contribution in [3.63, 3.8) is 0 Å². The molecule has 2 saturated carbocycles. The summed E-state index contributed by atoms with van der Waals surface area (Å²) in [6.45, 7) is 0. The van der Waals surface area contributed by atoms with Crippen LogP contribution in [0.15, 0.2) is 12.2 Å². The van der Waals surface area contributed by atoms with E-state index in [1.807, 2.05) is 0 Å². The normalized spacial score (nSPS) is 55.9. The number of rotatable bonds is 0. The first-order valence-electron chi connectivity index (χ1n) is 5.82. The first kappa shape index (κ1) is 8.93. The molecule has 0 unspecified atom stereocenters. The van der Waals surface area contributed by atoms with Gasteiger partial charge in [-0.15, -0.1) is 0 Å². The van der Waals surface area contributed by atoms with Gasteiger partial charge < -0.3 is 10.2 Å². The zero-order valence-electron chi connectivity index (χ0n) is 8.34. The molecular weight excluding hydrogens is 176 g/mol. The topological polar surface area (TPSA) is 40.5 Å². The highest BCUT2D eigenvalue weighted by Gasteiger charge is 2.49. The van der Waals surface area contributed by atoms with E-state index in [0.717, 1.165) is 12.8 Å². The Morgan fingerprint density at radius 1 is 0.714 bits per heavy atom. The van der Waals surface area contributed by atoms with Crippen LogP contribution in [-0.4, -0.2) is 22.4 Å². The van der Waals surface area contributed by atoms with E-state index in [-0.39, 0.29) is 12.2 Å². The lowest BCUT2D eigenvalue weighted by Gasteiger charge is -2.51. The molecule has 0 spiro atoms. The SMILES string of the molecule is O[C@@H]1CC[C@H](O)[C@H]2[C@@H]1[C@H]1C=C[C@@H]2CC1. The Morgan fingerprint density at radius 2 is 1.14 bits per heavy atom. The van der Waals surface area contributed by atoms with Crippen molar-refractivity contribution in [1.82, 2.24) is 0 Å². The number of aliphatic hydroxyl groups excluding tert-OH is 2. The van der Waals surface area contributed by atoms with E-state index in [0.29, 0.717) is 23.7 Å². The fraction of sp³-hybridized carbons (Fsp3) is 0.833. The van der Waals surface area contributed by atoms with Gasteiger partial charge in [0.25, 0.3) is 0 Å². The van der Waals surface area contributed by atoms with Crippen LogP contribution in [0, 0.1) is 23.7 Å². The molecule has 2 bridgehead atoms. The van der Waals surface area contributed by atoms with E-state index in [1.54, 1.807) is 0 Å². The highest BCUT2D eigenvalue weighted by molar-refractivity contribution is 5.13. The molecule has 4 aliphatic rings. The van der Waals surface area contributed by atoms with E-state index in [1.165, 1.54) is 12.8 Å². The van der Waals surface area contributed by atoms with E-state index >= 15 is 0 Å². The maximum Gasteiger partial charge on any atom is 0.0578 e. The van der Waals surface area contributed by atoms with Crippen LogP contribution in [0.3, 0.4) is 0 Å². The minimum Gasteiger partial charge on any atom is -0.393 e. The Hall–Kier alpha value is -0.340. The van der Waals surface area contributed by atoms with E-state index in [2.05, 4.69) is 12.2 Å². The molecule has 2 heteroatoms. The van der Waals surface area contributed by atoms with Crippen LogP contribution in [0.4, 0.5) is 0 Å². The second-order valence-corrected chi connectivity index (χ2v) is 5.16. The number of fused-ring (bicyclic) bond motifs is 1. The van der Waals surface area contributed by atoms with Crippen LogP contribution in [0.5, 0.6) is 0 Å². The lowest BCUT2D eigenvalue weighted by molar-refractivity contribution is -0.0974. The fourth-order valence-electron chi connectivity index (χ4n) is 3.89. The van der Waals surface area contributed by atoms with Crippen LogP contribution in [-0.2, 0) is 0 Å². The first-order chi connectivity index (χ1) is 6.77. The molecule has 0 aromatic rings. The Labute approximate surface area is 84.6 Å². The molecule has 4 aliphatic carbocycles. The summed E-state index contributed by atoms with van der Waals surface area (Å²) in [5.41, 5.74) is 0. The molecule has 4 rings (SSSR count). The number of aliphatic hydroxyl groups is 2.